The van der Waals surface area contributed by atoms with Crippen LogP contribution >= 0.6 is 0 Å². The first-order valence-corrected chi connectivity index (χ1v) is 12.4. The summed E-state index contributed by atoms with van der Waals surface area (Å²) in [6.07, 6.45) is -7.23. The van der Waals surface area contributed by atoms with Gasteiger partial charge in [-0.05, 0) is 25.0 Å². The van der Waals surface area contributed by atoms with Gasteiger partial charge in [0.05, 0.1) is 35.7 Å². The molecule has 2 atom stereocenters. The topological polar surface area (TPSA) is 134 Å². The molecule has 2 aromatic rings. The number of nitrogens with one attached hydrogen (secondary N) is 1. The molecule has 1 aliphatic heterocycles. The molecule has 0 radical (unpaired) electrons. The molecule has 0 aromatic heterocycles. The van der Waals surface area contributed by atoms with Crippen LogP contribution in [0.3, 0.4) is 0 Å². The number of ether oxygens (including phenoxy) is 3. The molecular weight excluding hydrogens is 549 g/mol. The molecule has 13 heteroatoms. The third-order valence-corrected chi connectivity index (χ3v) is 6.20. The monoisotopic (exact) mass is 576 g/mol. The number of nitrogens with zero attached hydrogens (tertiary/aromatic N) is 1. The van der Waals surface area contributed by atoms with Gasteiger partial charge >= 0.3 is 24.1 Å². The van der Waals surface area contributed by atoms with Crippen molar-refractivity contribution in [3.63, 3.8) is 0 Å². The summed E-state index contributed by atoms with van der Waals surface area (Å²) in [4.78, 5) is 49.0. The van der Waals surface area contributed by atoms with E-state index in [0.29, 0.717) is 5.56 Å². The van der Waals surface area contributed by atoms with E-state index in [9.17, 15) is 37.7 Å². The summed E-state index contributed by atoms with van der Waals surface area (Å²) in [5.74, 6) is -5.45. The second-order valence-corrected chi connectivity index (χ2v) is 8.97. The zero-order chi connectivity index (χ0) is 30.3. The predicted molar refractivity (Wildman–Crippen MR) is 138 cm³/mol. The van der Waals surface area contributed by atoms with Gasteiger partial charge in [0.1, 0.15) is 6.10 Å². The van der Waals surface area contributed by atoms with Crippen molar-refractivity contribution in [1.29, 1.82) is 0 Å². The van der Waals surface area contributed by atoms with E-state index in [1.807, 2.05) is 0 Å². The van der Waals surface area contributed by atoms with E-state index in [1.54, 1.807) is 30.3 Å². The number of hydrogen-bond acceptors (Lipinski definition) is 9. The number of allylic oxidation sites excluding steroid dienone is 1. The minimum absolute atomic E-state index is 0.0148. The van der Waals surface area contributed by atoms with E-state index in [1.165, 1.54) is 38.1 Å². The van der Waals surface area contributed by atoms with Gasteiger partial charge in [-0.1, -0.05) is 42.5 Å². The highest BCUT2D eigenvalue weighted by atomic mass is 19.4. The molecule has 0 saturated carbocycles. The van der Waals surface area contributed by atoms with Gasteiger partial charge in [-0.3, -0.25) is 10.1 Å². The lowest BCUT2D eigenvalue weighted by atomic mass is 9.79. The number of hydrogen-bond donors (Lipinski definition) is 1. The number of benzene rings is 2. The van der Waals surface area contributed by atoms with E-state index in [0.717, 1.165) is 7.11 Å². The van der Waals surface area contributed by atoms with Crippen LogP contribution in [0.1, 0.15) is 37.3 Å². The van der Waals surface area contributed by atoms with Crippen LogP contribution in [0.25, 0.3) is 0 Å². The smallest absolute Gasteiger partial charge is 0.466 e. The zero-order valence-corrected chi connectivity index (χ0v) is 22.3. The highest BCUT2D eigenvalue weighted by molar-refractivity contribution is 6.00. The lowest BCUT2D eigenvalue weighted by molar-refractivity contribution is -0.384. The number of nitro benzene ring substituents is 1. The highest BCUT2D eigenvalue weighted by Crippen LogP contribution is 2.41. The molecule has 0 saturated heterocycles. The number of carbonyl (C=O) groups is 3. The van der Waals surface area contributed by atoms with Crippen LogP contribution < -0.4 is 5.32 Å². The van der Waals surface area contributed by atoms with Gasteiger partial charge in [-0.25, -0.2) is 14.4 Å². The van der Waals surface area contributed by atoms with E-state index >= 15 is 0 Å². The second kappa shape index (κ2) is 13.1. The van der Waals surface area contributed by atoms with E-state index in [4.69, 9.17) is 14.2 Å². The maximum Gasteiger partial charge on any atom is 0.490 e. The van der Waals surface area contributed by atoms with Gasteiger partial charge in [0.25, 0.3) is 5.69 Å². The quantitative estimate of drug-likeness (QED) is 0.186. The molecule has 1 N–H and O–H groups in total. The van der Waals surface area contributed by atoms with Crippen LogP contribution in [0.15, 0.2) is 77.1 Å². The fourth-order valence-electron chi connectivity index (χ4n) is 4.52. The predicted octanol–water partition coefficient (Wildman–Crippen LogP) is 4.65. The summed E-state index contributed by atoms with van der Waals surface area (Å²) >= 11 is 0. The molecule has 1 aliphatic rings. The number of alkyl halides is 3. The molecule has 2 unspecified atom stereocenters. The van der Waals surface area contributed by atoms with Gasteiger partial charge in [0, 0.05) is 36.4 Å². The minimum atomic E-state index is -5.27. The largest absolute Gasteiger partial charge is 0.490 e. The third-order valence-electron chi connectivity index (χ3n) is 6.20. The van der Waals surface area contributed by atoms with Crippen molar-refractivity contribution >= 4 is 23.6 Å². The molecular formula is C28H27F3N2O8. The number of methoxy groups -OCH3 is 1. The van der Waals surface area contributed by atoms with Crippen LogP contribution in [0.2, 0.25) is 0 Å². The first-order chi connectivity index (χ1) is 19.4. The Bertz CT molecular complexity index is 1390. The first kappa shape index (κ1) is 30.9. The molecule has 218 valence electrons. The van der Waals surface area contributed by atoms with Crippen LogP contribution in [0.4, 0.5) is 18.9 Å². The summed E-state index contributed by atoms with van der Waals surface area (Å²) in [7, 11) is 1.11. The Kier molecular flexibility index (Phi) is 9.87. The molecule has 3 rings (SSSR count). The van der Waals surface area contributed by atoms with Gasteiger partial charge in [0.15, 0.2) is 0 Å². The number of esters is 3. The van der Waals surface area contributed by atoms with Crippen molar-refractivity contribution in [3.05, 3.63) is 98.4 Å². The Morgan fingerprint density at radius 3 is 2.29 bits per heavy atom. The molecule has 0 aliphatic carbocycles. The molecule has 0 amide bonds. The molecule has 0 fully saturated rings. The van der Waals surface area contributed by atoms with Crippen LogP contribution in [-0.2, 0) is 35.0 Å². The Morgan fingerprint density at radius 1 is 1.02 bits per heavy atom. The van der Waals surface area contributed by atoms with Crippen LogP contribution in [-0.4, -0.2) is 48.8 Å². The van der Waals surface area contributed by atoms with Gasteiger partial charge in [-0.2, -0.15) is 13.2 Å². The summed E-state index contributed by atoms with van der Waals surface area (Å²) in [5.41, 5.74) is 0.324. The van der Waals surface area contributed by atoms with Crippen molar-refractivity contribution in [2.24, 2.45) is 0 Å². The number of carbonyl (C=O) groups excluding carboxylic acids is 3. The fraction of sp³-hybridized carbons (Fsp3) is 0.321. The number of rotatable bonds is 10. The summed E-state index contributed by atoms with van der Waals surface area (Å²) in [5, 5.41) is 14.4. The normalized spacial score (nSPS) is 16.0. The summed E-state index contributed by atoms with van der Waals surface area (Å²) in [6, 6.07) is 13.5. The number of non-ortho nitro benzene ring substituents is 1. The fourth-order valence-corrected chi connectivity index (χ4v) is 4.52. The Labute approximate surface area is 232 Å². The van der Waals surface area contributed by atoms with Gasteiger partial charge < -0.3 is 19.5 Å². The average Bonchev–Trinajstić information content (AvgIpc) is 2.92. The summed E-state index contributed by atoms with van der Waals surface area (Å²) < 4.78 is 54.5. The van der Waals surface area contributed by atoms with E-state index in [-0.39, 0.29) is 46.8 Å². The Morgan fingerprint density at radius 2 is 1.71 bits per heavy atom. The standard InChI is InChI=1S/C28H27F3N2O8/c1-4-40-26(35)24-21(15-20(41-27(36)28(29,30)31)13-17-9-6-5-7-10-17)32-16(2)22(25(34)39-3)23(24)18-11-8-12-19(14-18)33(37)38/h5-12,14,20,23,32H,4,13,15H2,1-3H3. The SMILES string of the molecule is CCOC(=O)C1=C(CC(Cc2ccccc2)OC(=O)C(F)(F)F)NC(C)=C(C(=O)OC)C1c1cccc([N+](=O)[O-])c1. The molecule has 0 bridgehead atoms. The van der Waals surface area contributed by atoms with Gasteiger partial charge in [-0.15, -0.1) is 0 Å². The third kappa shape index (κ3) is 7.50. The highest BCUT2D eigenvalue weighted by Gasteiger charge is 2.44. The second-order valence-electron chi connectivity index (χ2n) is 8.97. The average molecular weight is 577 g/mol. The number of halogens is 3. The van der Waals surface area contributed by atoms with E-state index < -0.39 is 47.5 Å². The maximum absolute atomic E-state index is 13.4. The maximum atomic E-state index is 13.4. The zero-order valence-electron chi connectivity index (χ0n) is 22.3. The van der Waals surface area contributed by atoms with Crippen molar-refractivity contribution in [2.45, 2.75) is 44.9 Å². The van der Waals surface area contributed by atoms with Crippen LogP contribution in [0.5, 0.6) is 0 Å². The van der Waals surface area contributed by atoms with Crippen LogP contribution in [0, 0.1) is 10.1 Å². The van der Waals surface area contributed by atoms with E-state index in [2.05, 4.69) is 5.32 Å². The lowest BCUT2D eigenvalue weighted by Gasteiger charge is -2.32. The Hall–Kier alpha value is -4.68. The molecule has 10 nitrogen and oxygen atoms in total. The van der Waals surface area contributed by atoms with Crippen molar-refractivity contribution in [1.82, 2.24) is 5.32 Å². The first-order valence-electron chi connectivity index (χ1n) is 12.4. The molecule has 41 heavy (non-hydrogen) atoms. The molecule has 0 spiro atoms. The number of dihydropyridines is 1. The van der Waals surface area contributed by atoms with Gasteiger partial charge in [0.2, 0.25) is 0 Å². The summed E-state index contributed by atoms with van der Waals surface area (Å²) in [6.45, 7) is 2.92. The van der Waals surface area contributed by atoms with Crippen molar-refractivity contribution in [2.75, 3.05) is 13.7 Å². The lowest BCUT2D eigenvalue weighted by Crippen LogP contribution is -2.36. The van der Waals surface area contributed by atoms with Crippen molar-refractivity contribution < 1.29 is 46.7 Å². The molecule has 1 heterocycles. The number of nitro groups is 1. The molecule has 2 aromatic carbocycles. The van der Waals surface area contributed by atoms with Crippen molar-refractivity contribution in [3.8, 4) is 0 Å². The Balaban J connectivity index is 2.21. The minimum Gasteiger partial charge on any atom is -0.466 e.